The molecular weight excluding hydrogens is 472 g/mol. The van der Waals surface area contributed by atoms with Gasteiger partial charge >= 0.3 is 7.05 Å². The van der Waals surface area contributed by atoms with Gasteiger partial charge in [-0.05, 0) is 42.7 Å². The van der Waals surface area contributed by atoms with Gasteiger partial charge in [-0.25, -0.2) is 4.39 Å². The Balaban J connectivity index is 1.56. The van der Waals surface area contributed by atoms with Gasteiger partial charge in [0.15, 0.2) is 11.6 Å². The number of phenols is 1. The molecule has 2 aliphatic rings. The molecule has 35 heavy (non-hydrogen) atoms. The van der Waals surface area contributed by atoms with E-state index in [1.165, 1.54) is 6.07 Å². The van der Waals surface area contributed by atoms with E-state index in [0.717, 1.165) is 12.1 Å². The van der Waals surface area contributed by atoms with Crippen LogP contribution in [0.2, 0.25) is 11.8 Å². The molecule has 2 aliphatic heterocycles. The van der Waals surface area contributed by atoms with E-state index < -0.39 is 12.9 Å². The molecule has 3 aromatic rings. The van der Waals surface area contributed by atoms with Crippen molar-refractivity contribution in [1.29, 1.82) is 0 Å². The van der Waals surface area contributed by atoms with Crippen LogP contribution in [0.4, 0.5) is 4.39 Å². The summed E-state index contributed by atoms with van der Waals surface area (Å²) in [5.74, 6) is -0.369. The van der Waals surface area contributed by atoms with Crippen molar-refractivity contribution in [2.75, 3.05) is 26.2 Å². The van der Waals surface area contributed by atoms with Crippen LogP contribution in [0.3, 0.4) is 0 Å². The summed E-state index contributed by atoms with van der Waals surface area (Å²) in [5.41, 5.74) is 1.75. The van der Waals surface area contributed by atoms with Gasteiger partial charge < -0.3 is 24.4 Å². The lowest BCUT2D eigenvalue weighted by molar-refractivity contribution is 0.0781. The SMILES string of the molecule is CB(O)N1CCN2Cc3cc(OCc4ccncc4)c(-c4c(O)cccc4Cl)c(F)c3OC[C@H]2C1. The second-order valence-corrected chi connectivity index (χ2v) is 9.30. The number of hydrogen-bond acceptors (Lipinski definition) is 7. The average Bonchev–Trinajstić information content (AvgIpc) is 3.03. The Hall–Kier alpha value is -2.85. The summed E-state index contributed by atoms with van der Waals surface area (Å²) in [4.78, 5) is 8.24. The van der Waals surface area contributed by atoms with Crippen LogP contribution in [0.15, 0.2) is 48.8 Å². The Labute approximate surface area is 208 Å². The number of hydrogen-bond donors (Lipinski definition) is 2. The molecule has 1 fully saturated rings. The predicted molar refractivity (Wildman–Crippen MR) is 132 cm³/mol. The summed E-state index contributed by atoms with van der Waals surface area (Å²) in [6.45, 7) is 4.75. The average molecular weight is 498 g/mol. The summed E-state index contributed by atoms with van der Waals surface area (Å²) in [6, 6.07) is 10.1. The lowest BCUT2D eigenvalue weighted by Crippen LogP contribution is -2.57. The van der Waals surface area contributed by atoms with Crippen LogP contribution >= 0.6 is 11.6 Å². The number of phenolic OH excluding ortho intramolecular Hbond substituents is 1. The molecule has 2 aromatic carbocycles. The number of benzene rings is 2. The van der Waals surface area contributed by atoms with Gasteiger partial charge in [0.1, 0.15) is 24.7 Å². The first-order chi connectivity index (χ1) is 16.9. The van der Waals surface area contributed by atoms with E-state index >= 15 is 4.39 Å². The zero-order valence-corrected chi connectivity index (χ0v) is 20.1. The first-order valence-electron chi connectivity index (χ1n) is 11.6. The quantitative estimate of drug-likeness (QED) is 0.519. The van der Waals surface area contributed by atoms with Crippen LogP contribution < -0.4 is 9.47 Å². The maximum absolute atomic E-state index is 16.2. The number of nitrogens with zero attached hydrogens (tertiary/aromatic N) is 3. The third kappa shape index (κ3) is 4.82. The lowest BCUT2D eigenvalue weighted by Gasteiger charge is -2.40. The minimum atomic E-state index is -0.622. The summed E-state index contributed by atoms with van der Waals surface area (Å²) in [5, 5.41) is 20.8. The summed E-state index contributed by atoms with van der Waals surface area (Å²) in [7, 11) is -0.553. The number of ether oxygens (including phenoxy) is 2. The van der Waals surface area contributed by atoms with Gasteiger partial charge in [0.2, 0.25) is 0 Å². The van der Waals surface area contributed by atoms with Crippen molar-refractivity contribution in [2.45, 2.75) is 26.0 Å². The number of aromatic nitrogens is 1. The minimum Gasteiger partial charge on any atom is -0.507 e. The molecular formula is C25H26BClFN3O4. The van der Waals surface area contributed by atoms with E-state index in [9.17, 15) is 10.1 Å². The molecule has 0 spiro atoms. The molecule has 0 saturated carbocycles. The Morgan fingerprint density at radius 1 is 1.23 bits per heavy atom. The zero-order chi connectivity index (χ0) is 24.5. The first-order valence-corrected chi connectivity index (χ1v) is 11.9. The highest BCUT2D eigenvalue weighted by Gasteiger charge is 2.35. The van der Waals surface area contributed by atoms with Crippen LogP contribution in [-0.4, -0.2) is 64.2 Å². The Morgan fingerprint density at radius 3 is 2.77 bits per heavy atom. The van der Waals surface area contributed by atoms with Gasteiger partial charge in [-0.1, -0.05) is 17.7 Å². The van der Waals surface area contributed by atoms with Gasteiger partial charge in [-0.2, -0.15) is 0 Å². The van der Waals surface area contributed by atoms with E-state index in [1.807, 2.05) is 16.9 Å². The molecule has 1 aromatic heterocycles. The Morgan fingerprint density at radius 2 is 2.03 bits per heavy atom. The van der Waals surface area contributed by atoms with Gasteiger partial charge in [-0.3, -0.25) is 9.88 Å². The number of rotatable bonds is 5. The monoisotopic (exact) mass is 497 g/mol. The number of aromatic hydroxyl groups is 1. The highest BCUT2D eigenvalue weighted by Crippen LogP contribution is 2.47. The molecule has 0 bridgehead atoms. The fourth-order valence-corrected chi connectivity index (χ4v) is 4.96. The largest absolute Gasteiger partial charge is 0.507 e. The number of halogens is 2. The molecule has 0 radical (unpaired) electrons. The van der Waals surface area contributed by atoms with Crippen LogP contribution in [0.1, 0.15) is 11.1 Å². The first kappa shape index (κ1) is 23.9. The molecule has 3 heterocycles. The molecule has 2 N–H and O–H groups in total. The minimum absolute atomic E-state index is 0.00324. The molecule has 7 nitrogen and oxygen atoms in total. The number of pyridine rings is 1. The zero-order valence-electron chi connectivity index (χ0n) is 19.3. The molecule has 0 amide bonds. The van der Waals surface area contributed by atoms with Crippen molar-refractivity contribution in [3.8, 4) is 28.4 Å². The van der Waals surface area contributed by atoms with Gasteiger partial charge in [0.05, 0.1) is 16.6 Å². The smallest absolute Gasteiger partial charge is 0.376 e. The standard InChI is InChI=1S/C25H26BClFN3O4/c1-26(33)31-10-9-30-12-17-11-21(34-14-16-5-7-29-8-6-16)23(22-19(27)3-2-4-20(22)32)24(28)25(17)35-15-18(30)13-31/h2-8,11,18,32-33H,9-10,12-15H2,1H3/t18-/m1/s1. The topological polar surface area (TPSA) is 78.3 Å². The Bertz CT molecular complexity index is 1200. The summed E-state index contributed by atoms with van der Waals surface area (Å²) in [6.07, 6.45) is 3.33. The Kier molecular flexibility index (Phi) is 6.84. The van der Waals surface area contributed by atoms with Crippen molar-refractivity contribution >= 4 is 18.7 Å². The van der Waals surface area contributed by atoms with E-state index in [2.05, 4.69) is 9.88 Å². The van der Waals surface area contributed by atoms with Crippen molar-refractivity contribution in [3.63, 3.8) is 0 Å². The maximum Gasteiger partial charge on any atom is 0.376 e. The van der Waals surface area contributed by atoms with Crippen molar-refractivity contribution in [2.24, 2.45) is 0 Å². The van der Waals surface area contributed by atoms with Crippen molar-refractivity contribution < 1.29 is 24.0 Å². The van der Waals surface area contributed by atoms with Gasteiger partial charge in [0.25, 0.3) is 0 Å². The third-order valence-corrected chi connectivity index (χ3v) is 6.92. The third-order valence-electron chi connectivity index (χ3n) is 6.61. The summed E-state index contributed by atoms with van der Waals surface area (Å²) < 4.78 is 28.3. The summed E-state index contributed by atoms with van der Waals surface area (Å²) >= 11 is 6.42. The van der Waals surface area contributed by atoms with Crippen LogP contribution in [0.25, 0.3) is 11.1 Å². The highest BCUT2D eigenvalue weighted by atomic mass is 35.5. The number of piperazine rings is 1. The second-order valence-electron chi connectivity index (χ2n) is 8.89. The molecule has 1 atom stereocenters. The molecule has 5 rings (SSSR count). The van der Waals surface area contributed by atoms with Crippen LogP contribution in [-0.2, 0) is 13.2 Å². The fourth-order valence-electron chi connectivity index (χ4n) is 4.70. The van der Waals surface area contributed by atoms with E-state index in [0.29, 0.717) is 25.2 Å². The normalized spacial score (nSPS) is 18.2. The fraction of sp³-hybridized carbons (Fsp3) is 0.320. The van der Waals surface area contributed by atoms with Crippen molar-refractivity contribution in [3.05, 3.63) is 70.8 Å². The second kappa shape index (κ2) is 10.0. The molecule has 0 aliphatic carbocycles. The van der Waals surface area contributed by atoms with Gasteiger partial charge in [0, 0.05) is 49.7 Å². The van der Waals surface area contributed by atoms with E-state index in [-0.39, 0.29) is 52.7 Å². The molecule has 182 valence electrons. The van der Waals surface area contributed by atoms with E-state index in [1.54, 1.807) is 37.4 Å². The van der Waals surface area contributed by atoms with Crippen LogP contribution in [0.5, 0.6) is 17.2 Å². The van der Waals surface area contributed by atoms with Crippen molar-refractivity contribution in [1.82, 2.24) is 14.7 Å². The molecule has 10 heteroatoms. The predicted octanol–water partition coefficient (Wildman–Crippen LogP) is 3.81. The van der Waals surface area contributed by atoms with Gasteiger partial charge in [-0.15, -0.1) is 0 Å². The maximum atomic E-state index is 16.2. The number of fused-ring (bicyclic) bond motifs is 2. The van der Waals surface area contributed by atoms with Crippen LogP contribution in [0, 0.1) is 5.82 Å². The molecule has 0 unspecified atom stereocenters. The highest BCUT2D eigenvalue weighted by molar-refractivity contribution is 6.45. The lowest BCUT2D eigenvalue weighted by atomic mass is 9.83. The van der Waals surface area contributed by atoms with E-state index in [4.69, 9.17) is 21.1 Å². The molecule has 1 saturated heterocycles.